The number of likely N-dealkylation sites (N-methyl/N-ethyl adjacent to an activating group) is 1. The minimum absolute atomic E-state index is 0.00139. The van der Waals surface area contributed by atoms with Crippen molar-refractivity contribution in [2.24, 2.45) is 11.7 Å². The Kier molecular flexibility index (Phi) is 4.70. The van der Waals surface area contributed by atoms with Crippen LogP contribution in [0.3, 0.4) is 0 Å². The van der Waals surface area contributed by atoms with E-state index in [1.54, 1.807) is 11.9 Å². The molecule has 1 aromatic rings. The second-order valence-electron chi connectivity index (χ2n) is 4.95. The molecule has 94 valence electrons. The highest BCUT2D eigenvalue weighted by Crippen LogP contribution is 2.09. The maximum absolute atomic E-state index is 12.0. The number of amides is 1. The van der Waals surface area contributed by atoms with Gasteiger partial charge in [0.2, 0.25) is 5.91 Å². The van der Waals surface area contributed by atoms with Gasteiger partial charge in [-0.1, -0.05) is 43.7 Å². The predicted molar refractivity (Wildman–Crippen MR) is 70.5 cm³/mol. The van der Waals surface area contributed by atoms with Gasteiger partial charge in [-0.25, -0.2) is 0 Å². The van der Waals surface area contributed by atoms with Crippen molar-refractivity contribution < 1.29 is 4.79 Å². The Balaban J connectivity index is 2.66. The fourth-order valence-electron chi connectivity index (χ4n) is 1.70. The zero-order valence-electron chi connectivity index (χ0n) is 11.1. The van der Waals surface area contributed by atoms with E-state index in [0.717, 1.165) is 5.56 Å². The molecule has 0 aliphatic heterocycles. The number of carbonyl (C=O) groups is 1. The summed E-state index contributed by atoms with van der Waals surface area (Å²) >= 11 is 0. The molecular formula is C14H22N2O. The van der Waals surface area contributed by atoms with Crippen molar-refractivity contribution in [3.8, 4) is 0 Å². The molecule has 1 amide bonds. The molecule has 1 rings (SSSR count). The molecule has 2 N–H and O–H groups in total. The topological polar surface area (TPSA) is 46.3 Å². The Hall–Kier alpha value is -1.35. The summed E-state index contributed by atoms with van der Waals surface area (Å²) in [7, 11) is 1.80. The number of carbonyl (C=O) groups excluding carboxylic acids is 1. The van der Waals surface area contributed by atoms with E-state index in [-0.39, 0.29) is 11.8 Å². The number of nitrogens with zero attached hydrogens (tertiary/aromatic N) is 1. The van der Waals surface area contributed by atoms with E-state index in [4.69, 9.17) is 5.73 Å². The van der Waals surface area contributed by atoms with Crippen LogP contribution in [0.5, 0.6) is 0 Å². The number of rotatable bonds is 4. The molecule has 1 atom stereocenters. The molecule has 1 aromatic carbocycles. The van der Waals surface area contributed by atoms with Crippen LogP contribution in [0.1, 0.15) is 25.0 Å². The van der Waals surface area contributed by atoms with Crippen LogP contribution in [0.4, 0.5) is 0 Å². The Morgan fingerprint density at radius 3 is 2.59 bits per heavy atom. The standard InChI is InChI=1S/C14H22N2O/c1-10(2)13(15)14(17)16(4)9-12-7-5-6-11(3)8-12/h5-8,10,13H,9,15H2,1-4H3/t13-/m0/s1. The van der Waals surface area contributed by atoms with Gasteiger partial charge in [0.05, 0.1) is 6.04 Å². The smallest absolute Gasteiger partial charge is 0.239 e. The number of hydrogen-bond donors (Lipinski definition) is 1. The third-order valence-electron chi connectivity index (χ3n) is 2.88. The van der Waals surface area contributed by atoms with Gasteiger partial charge in [-0.3, -0.25) is 4.79 Å². The summed E-state index contributed by atoms with van der Waals surface area (Å²) in [5.74, 6) is 0.170. The maximum Gasteiger partial charge on any atom is 0.239 e. The molecule has 0 heterocycles. The van der Waals surface area contributed by atoms with Gasteiger partial charge in [-0.2, -0.15) is 0 Å². The first-order valence-corrected chi connectivity index (χ1v) is 5.98. The summed E-state index contributed by atoms with van der Waals surface area (Å²) in [6.45, 7) is 6.58. The molecule has 0 radical (unpaired) electrons. The lowest BCUT2D eigenvalue weighted by molar-refractivity contribution is -0.132. The number of aryl methyl sites for hydroxylation is 1. The summed E-state index contributed by atoms with van der Waals surface area (Å²) in [4.78, 5) is 13.7. The van der Waals surface area contributed by atoms with Crippen LogP contribution < -0.4 is 5.73 Å². The zero-order chi connectivity index (χ0) is 13.0. The van der Waals surface area contributed by atoms with Crippen molar-refractivity contribution in [1.82, 2.24) is 4.90 Å². The Labute approximate surface area is 104 Å². The minimum atomic E-state index is -0.412. The highest BCUT2D eigenvalue weighted by Gasteiger charge is 2.20. The van der Waals surface area contributed by atoms with Crippen LogP contribution in [0, 0.1) is 12.8 Å². The van der Waals surface area contributed by atoms with Crippen molar-refractivity contribution in [1.29, 1.82) is 0 Å². The monoisotopic (exact) mass is 234 g/mol. The first-order valence-electron chi connectivity index (χ1n) is 5.98. The van der Waals surface area contributed by atoms with Crippen LogP contribution in [0.15, 0.2) is 24.3 Å². The van der Waals surface area contributed by atoms with Crippen LogP contribution >= 0.6 is 0 Å². The van der Waals surface area contributed by atoms with E-state index in [0.29, 0.717) is 6.54 Å². The molecule has 0 aromatic heterocycles. The molecule has 3 nitrogen and oxygen atoms in total. The van der Waals surface area contributed by atoms with Crippen molar-refractivity contribution in [2.75, 3.05) is 7.05 Å². The van der Waals surface area contributed by atoms with Crippen LogP contribution in [0.2, 0.25) is 0 Å². The van der Waals surface area contributed by atoms with Gasteiger partial charge in [-0.15, -0.1) is 0 Å². The summed E-state index contributed by atoms with van der Waals surface area (Å²) in [5.41, 5.74) is 8.19. The van der Waals surface area contributed by atoms with E-state index in [1.165, 1.54) is 5.56 Å². The fourth-order valence-corrected chi connectivity index (χ4v) is 1.70. The van der Waals surface area contributed by atoms with Crippen molar-refractivity contribution in [2.45, 2.75) is 33.4 Å². The molecule has 0 spiro atoms. The van der Waals surface area contributed by atoms with Gasteiger partial charge < -0.3 is 10.6 Å². The average molecular weight is 234 g/mol. The lowest BCUT2D eigenvalue weighted by Crippen LogP contribution is -2.44. The second kappa shape index (κ2) is 5.82. The molecule has 0 fully saturated rings. The minimum Gasteiger partial charge on any atom is -0.340 e. The largest absolute Gasteiger partial charge is 0.340 e. The van der Waals surface area contributed by atoms with Crippen molar-refractivity contribution in [3.63, 3.8) is 0 Å². The molecule has 0 saturated heterocycles. The predicted octanol–water partition coefficient (Wildman–Crippen LogP) is 1.94. The molecule has 0 unspecified atom stereocenters. The summed E-state index contributed by atoms with van der Waals surface area (Å²) in [5, 5.41) is 0. The Morgan fingerprint density at radius 2 is 2.06 bits per heavy atom. The zero-order valence-corrected chi connectivity index (χ0v) is 11.1. The van der Waals surface area contributed by atoms with Crippen LogP contribution in [-0.4, -0.2) is 23.9 Å². The first kappa shape index (κ1) is 13.7. The molecule has 0 bridgehead atoms. The quantitative estimate of drug-likeness (QED) is 0.865. The SMILES string of the molecule is Cc1cccc(CN(C)C(=O)[C@@H](N)C(C)C)c1. The molecule has 17 heavy (non-hydrogen) atoms. The van der Waals surface area contributed by atoms with Crippen molar-refractivity contribution >= 4 is 5.91 Å². The first-order chi connectivity index (χ1) is 7.91. The van der Waals surface area contributed by atoms with Gasteiger partial charge in [-0.05, 0) is 18.4 Å². The molecular weight excluding hydrogens is 212 g/mol. The average Bonchev–Trinajstić information content (AvgIpc) is 2.26. The van der Waals surface area contributed by atoms with Gasteiger partial charge in [0, 0.05) is 13.6 Å². The fraction of sp³-hybridized carbons (Fsp3) is 0.500. The lowest BCUT2D eigenvalue weighted by Gasteiger charge is -2.23. The van der Waals surface area contributed by atoms with Gasteiger partial charge in [0.25, 0.3) is 0 Å². The number of nitrogens with two attached hydrogens (primary N) is 1. The van der Waals surface area contributed by atoms with E-state index in [9.17, 15) is 4.79 Å². The van der Waals surface area contributed by atoms with E-state index in [1.807, 2.05) is 39.0 Å². The van der Waals surface area contributed by atoms with Crippen LogP contribution in [-0.2, 0) is 11.3 Å². The normalized spacial score (nSPS) is 12.6. The Bertz CT molecular complexity index is 388. The van der Waals surface area contributed by atoms with Gasteiger partial charge in [0.15, 0.2) is 0 Å². The lowest BCUT2D eigenvalue weighted by atomic mass is 10.0. The van der Waals surface area contributed by atoms with Crippen molar-refractivity contribution in [3.05, 3.63) is 35.4 Å². The third-order valence-corrected chi connectivity index (χ3v) is 2.88. The molecule has 0 aliphatic carbocycles. The summed E-state index contributed by atoms with van der Waals surface area (Å²) in [6.07, 6.45) is 0. The Morgan fingerprint density at radius 1 is 1.41 bits per heavy atom. The maximum atomic E-state index is 12.0. The number of hydrogen-bond acceptors (Lipinski definition) is 2. The second-order valence-corrected chi connectivity index (χ2v) is 4.95. The summed E-state index contributed by atoms with van der Waals surface area (Å²) < 4.78 is 0. The highest BCUT2D eigenvalue weighted by molar-refractivity contribution is 5.81. The molecule has 0 aliphatic rings. The summed E-state index contributed by atoms with van der Waals surface area (Å²) in [6, 6.07) is 7.75. The molecule has 0 saturated carbocycles. The molecule has 3 heteroatoms. The van der Waals surface area contributed by atoms with E-state index < -0.39 is 6.04 Å². The van der Waals surface area contributed by atoms with Gasteiger partial charge in [0.1, 0.15) is 0 Å². The highest BCUT2D eigenvalue weighted by atomic mass is 16.2. The van der Waals surface area contributed by atoms with E-state index in [2.05, 4.69) is 6.07 Å². The van der Waals surface area contributed by atoms with E-state index >= 15 is 0 Å². The van der Waals surface area contributed by atoms with Crippen LogP contribution in [0.25, 0.3) is 0 Å². The number of benzene rings is 1. The van der Waals surface area contributed by atoms with Gasteiger partial charge >= 0.3 is 0 Å². The third kappa shape index (κ3) is 3.86.